The van der Waals surface area contributed by atoms with E-state index >= 15 is 0 Å². The first kappa shape index (κ1) is 25.6. The van der Waals surface area contributed by atoms with Crippen molar-refractivity contribution in [2.75, 3.05) is 32.7 Å². The summed E-state index contributed by atoms with van der Waals surface area (Å²) in [7, 11) is -5.27. The Morgan fingerprint density at radius 1 is 1.19 bits per heavy atom. The van der Waals surface area contributed by atoms with E-state index in [1.165, 1.54) is 0 Å². The van der Waals surface area contributed by atoms with E-state index in [0.717, 1.165) is 23.4 Å². The van der Waals surface area contributed by atoms with Gasteiger partial charge in [-0.05, 0) is 51.9 Å². The van der Waals surface area contributed by atoms with E-state index in [9.17, 15) is 4.79 Å². The van der Waals surface area contributed by atoms with Crippen molar-refractivity contribution >= 4 is 23.3 Å². The summed E-state index contributed by atoms with van der Waals surface area (Å²) >= 11 is 0. The van der Waals surface area contributed by atoms with Gasteiger partial charge in [0.15, 0.2) is 6.23 Å². The van der Waals surface area contributed by atoms with Crippen molar-refractivity contribution in [1.82, 2.24) is 0 Å². The molecule has 1 aromatic carbocycles. The van der Waals surface area contributed by atoms with Gasteiger partial charge >= 0.3 is 23.3 Å². The maximum absolute atomic E-state index is 11.1. The molecule has 1 heterocycles. The summed E-state index contributed by atoms with van der Waals surface area (Å²) in [5.41, 5.74) is 0.928. The van der Waals surface area contributed by atoms with Crippen LogP contribution in [-0.4, -0.2) is 56.0 Å². The SMILES string of the molecule is C=CC(=O)OCCC[Si]1(C)OCc2cc(OC[Si](OCC)(OCC)OCC)ccc2O1. The third-order valence-corrected chi connectivity index (χ3v) is 9.94. The highest BCUT2D eigenvalue weighted by Gasteiger charge is 2.42. The zero-order chi connectivity index (χ0) is 22.7. The molecule has 8 nitrogen and oxygen atoms in total. The number of carbonyl (C=O) groups is 1. The van der Waals surface area contributed by atoms with Crippen LogP contribution in [0.2, 0.25) is 12.6 Å². The average molecular weight is 471 g/mol. The molecule has 0 amide bonds. The Labute approximate surface area is 187 Å². The molecule has 1 aromatic rings. The molecule has 0 saturated carbocycles. The predicted octanol–water partition coefficient (Wildman–Crippen LogP) is 3.75. The van der Waals surface area contributed by atoms with Gasteiger partial charge < -0.3 is 31.6 Å². The molecule has 0 fully saturated rings. The van der Waals surface area contributed by atoms with Crippen molar-refractivity contribution in [2.24, 2.45) is 0 Å². The van der Waals surface area contributed by atoms with Crippen molar-refractivity contribution in [1.29, 1.82) is 0 Å². The first-order chi connectivity index (χ1) is 14.9. The predicted molar refractivity (Wildman–Crippen MR) is 120 cm³/mol. The van der Waals surface area contributed by atoms with Crippen LogP contribution in [0.15, 0.2) is 30.9 Å². The topological polar surface area (TPSA) is 81.7 Å². The van der Waals surface area contributed by atoms with E-state index < -0.39 is 23.3 Å². The first-order valence-electron chi connectivity index (χ1n) is 10.7. The van der Waals surface area contributed by atoms with E-state index in [-0.39, 0.29) is 6.23 Å². The third-order valence-electron chi connectivity index (χ3n) is 4.59. The second kappa shape index (κ2) is 12.4. The van der Waals surface area contributed by atoms with Gasteiger partial charge in [-0.15, -0.1) is 0 Å². The molecule has 10 heteroatoms. The van der Waals surface area contributed by atoms with E-state index in [1.54, 1.807) is 0 Å². The van der Waals surface area contributed by atoms with E-state index in [1.807, 2.05) is 45.5 Å². The van der Waals surface area contributed by atoms with Crippen molar-refractivity contribution in [2.45, 2.75) is 46.4 Å². The Morgan fingerprint density at radius 3 is 2.48 bits per heavy atom. The Morgan fingerprint density at radius 2 is 1.87 bits per heavy atom. The van der Waals surface area contributed by atoms with Crippen LogP contribution in [0.3, 0.4) is 0 Å². The Bertz CT molecular complexity index is 712. The number of benzene rings is 1. The Kier molecular flexibility index (Phi) is 10.2. The van der Waals surface area contributed by atoms with E-state index in [4.69, 9.17) is 31.6 Å². The Hall–Kier alpha value is -1.70. The molecule has 174 valence electrons. The molecular weight excluding hydrogens is 436 g/mol. The quantitative estimate of drug-likeness (QED) is 0.176. The minimum Gasteiger partial charge on any atom is -0.520 e. The smallest absolute Gasteiger partial charge is 0.520 e. The number of esters is 1. The van der Waals surface area contributed by atoms with Gasteiger partial charge in [-0.3, -0.25) is 0 Å². The van der Waals surface area contributed by atoms with Crippen LogP contribution in [0, 0.1) is 0 Å². The molecule has 0 aromatic heterocycles. The lowest BCUT2D eigenvalue weighted by atomic mass is 10.2. The summed E-state index contributed by atoms with van der Waals surface area (Å²) in [6, 6.07) is 6.41. The molecule has 0 bridgehead atoms. The lowest BCUT2D eigenvalue weighted by Gasteiger charge is -2.33. The molecule has 0 saturated heterocycles. The van der Waals surface area contributed by atoms with Gasteiger partial charge in [-0.2, -0.15) is 0 Å². The second-order valence-corrected chi connectivity index (χ2v) is 12.8. The number of hydrogen-bond donors (Lipinski definition) is 0. The number of rotatable bonds is 14. The number of hydrogen-bond acceptors (Lipinski definition) is 8. The molecule has 1 aliphatic rings. The molecule has 0 N–H and O–H groups in total. The van der Waals surface area contributed by atoms with Gasteiger partial charge in [-0.1, -0.05) is 6.58 Å². The molecule has 1 unspecified atom stereocenters. The number of ether oxygens (including phenoxy) is 2. The lowest BCUT2D eigenvalue weighted by molar-refractivity contribution is -0.137. The summed E-state index contributed by atoms with van der Waals surface area (Å²) in [5.74, 6) is 1.07. The minimum atomic E-state index is -2.89. The fourth-order valence-electron chi connectivity index (χ4n) is 3.18. The molecule has 0 aliphatic carbocycles. The van der Waals surface area contributed by atoms with Crippen LogP contribution in [0.1, 0.15) is 32.8 Å². The van der Waals surface area contributed by atoms with Gasteiger partial charge in [0, 0.05) is 37.5 Å². The highest BCUT2D eigenvalue weighted by Crippen LogP contribution is 2.34. The third kappa shape index (κ3) is 7.74. The van der Waals surface area contributed by atoms with Crippen molar-refractivity contribution in [3.8, 4) is 11.5 Å². The summed E-state index contributed by atoms with van der Waals surface area (Å²) < 4.78 is 40.8. The van der Waals surface area contributed by atoms with Crippen molar-refractivity contribution < 1.29 is 36.4 Å². The van der Waals surface area contributed by atoms with Crippen LogP contribution >= 0.6 is 0 Å². The van der Waals surface area contributed by atoms with Crippen molar-refractivity contribution in [3.05, 3.63) is 36.4 Å². The monoisotopic (exact) mass is 470 g/mol. The highest BCUT2D eigenvalue weighted by molar-refractivity contribution is 6.67. The number of fused-ring (bicyclic) bond motifs is 1. The normalized spacial score (nSPS) is 18.1. The van der Waals surface area contributed by atoms with Crippen LogP contribution in [0.4, 0.5) is 0 Å². The van der Waals surface area contributed by atoms with E-state index in [2.05, 4.69) is 6.58 Å². The summed E-state index contributed by atoms with van der Waals surface area (Å²) in [4.78, 5) is 11.1. The summed E-state index contributed by atoms with van der Waals surface area (Å²) in [5, 5.41) is 0. The van der Waals surface area contributed by atoms with Crippen LogP contribution in [0.25, 0.3) is 0 Å². The lowest BCUT2D eigenvalue weighted by Crippen LogP contribution is -2.51. The summed E-state index contributed by atoms with van der Waals surface area (Å²) in [6.45, 7) is 13.4. The molecule has 1 aliphatic heterocycles. The zero-order valence-corrected chi connectivity index (χ0v) is 20.9. The summed E-state index contributed by atoms with van der Waals surface area (Å²) in [6.07, 6.45) is 2.07. The van der Waals surface area contributed by atoms with Crippen LogP contribution < -0.4 is 9.16 Å². The maximum Gasteiger partial charge on any atom is 0.540 e. The van der Waals surface area contributed by atoms with Gasteiger partial charge in [0.25, 0.3) is 0 Å². The molecule has 31 heavy (non-hydrogen) atoms. The van der Waals surface area contributed by atoms with E-state index in [0.29, 0.717) is 45.2 Å². The fraction of sp³-hybridized carbons (Fsp3) is 0.571. The molecule has 0 spiro atoms. The van der Waals surface area contributed by atoms with Gasteiger partial charge in [0.2, 0.25) is 0 Å². The molecule has 1 atom stereocenters. The average Bonchev–Trinajstić information content (AvgIpc) is 2.76. The van der Waals surface area contributed by atoms with Crippen molar-refractivity contribution in [3.63, 3.8) is 0 Å². The van der Waals surface area contributed by atoms with Gasteiger partial charge in [0.05, 0.1) is 13.2 Å². The first-order valence-corrected chi connectivity index (χ1v) is 15.1. The van der Waals surface area contributed by atoms with Crippen LogP contribution in [0.5, 0.6) is 11.5 Å². The highest BCUT2D eigenvalue weighted by atomic mass is 28.4. The minimum absolute atomic E-state index is 0.235. The second-order valence-electron chi connectivity index (χ2n) is 7.04. The van der Waals surface area contributed by atoms with Gasteiger partial charge in [0.1, 0.15) is 11.5 Å². The molecule has 0 radical (unpaired) electrons. The largest absolute Gasteiger partial charge is 0.540 e. The number of carbonyl (C=O) groups excluding carboxylic acids is 1. The molecular formula is C21H34O8Si2. The zero-order valence-electron chi connectivity index (χ0n) is 18.9. The fourth-order valence-corrected chi connectivity index (χ4v) is 7.56. The standard InChI is InChI=1S/C21H34O8Si2/c1-6-21(22)23-13-10-14-30(5)28-16-18-15-19(11-12-20(18)29-30)24-17-31(25-7-2,26-8-3)27-9-4/h6,11-12,15H,1,7-10,13-14,16-17H2,2-5H3. The van der Waals surface area contributed by atoms with Gasteiger partial charge in [-0.25, -0.2) is 4.79 Å². The maximum atomic E-state index is 11.1. The van der Waals surface area contributed by atoms with Crippen LogP contribution in [-0.2, 0) is 33.8 Å². The Balaban J connectivity index is 1.96. The molecule has 2 rings (SSSR count).